The lowest BCUT2D eigenvalue weighted by atomic mass is 9.54. The fraction of sp³-hybridized carbons (Fsp3) is 0.174. The van der Waals surface area contributed by atoms with Gasteiger partial charge in [0.05, 0.1) is 11.6 Å². The molecular formula is C46H29N2+. The fourth-order valence-corrected chi connectivity index (χ4v) is 12.3. The summed E-state index contributed by atoms with van der Waals surface area (Å²) in [7, 11) is 0. The number of allylic oxidation sites excluding steroid dienone is 1. The van der Waals surface area contributed by atoms with E-state index in [-0.39, 0.29) is 17.8 Å². The molecule has 222 valence electrons. The molecule has 4 heterocycles. The second-order valence-electron chi connectivity index (χ2n) is 15.5. The molecule has 0 saturated heterocycles. The minimum absolute atomic E-state index is 0.123. The molecule has 48 heavy (non-hydrogen) atoms. The smallest absolute Gasteiger partial charge is 0.230 e. The Kier molecular flexibility index (Phi) is 3.67. The highest BCUT2D eigenvalue weighted by atomic mass is 15.4. The summed E-state index contributed by atoms with van der Waals surface area (Å²) in [4.78, 5) is 0. The van der Waals surface area contributed by atoms with Crippen LogP contribution in [-0.2, 0) is 31.3 Å². The molecule has 4 unspecified atom stereocenters. The van der Waals surface area contributed by atoms with Gasteiger partial charge in [0.15, 0.2) is 11.9 Å². The minimum Gasteiger partial charge on any atom is -0.230 e. The van der Waals surface area contributed by atoms with Crippen LogP contribution in [0.4, 0.5) is 0 Å². The quantitative estimate of drug-likeness (QED) is 0.126. The third kappa shape index (κ3) is 2.25. The molecule has 1 spiro atoms. The Balaban J connectivity index is 1.24. The summed E-state index contributed by atoms with van der Waals surface area (Å²) in [6.07, 6.45) is 8.04. The van der Waals surface area contributed by atoms with E-state index in [1.54, 1.807) is 22.3 Å². The van der Waals surface area contributed by atoms with Crippen LogP contribution in [0.2, 0.25) is 0 Å². The molecule has 0 radical (unpaired) electrons. The van der Waals surface area contributed by atoms with Crippen LogP contribution in [0.3, 0.4) is 0 Å². The van der Waals surface area contributed by atoms with Crippen molar-refractivity contribution in [3.8, 4) is 0 Å². The maximum Gasteiger partial charge on any atom is 0.395 e. The largest absolute Gasteiger partial charge is 0.395 e. The van der Waals surface area contributed by atoms with Gasteiger partial charge in [-0.25, -0.2) is 4.58 Å². The van der Waals surface area contributed by atoms with E-state index in [1.807, 2.05) is 0 Å². The van der Waals surface area contributed by atoms with Gasteiger partial charge in [0.25, 0.3) is 0 Å². The Bertz CT molecular complexity index is 2710. The van der Waals surface area contributed by atoms with Crippen LogP contribution in [0.5, 0.6) is 0 Å². The van der Waals surface area contributed by atoms with E-state index in [9.17, 15) is 0 Å². The molecule has 1 aromatic heterocycles. The highest BCUT2D eigenvalue weighted by Crippen LogP contribution is 2.65. The Morgan fingerprint density at radius 1 is 0.521 bits per heavy atom. The number of pyridine rings is 1. The van der Waals surface area contributed by atoms with Crippen molar-refractivity contribution < 1.29 is 9.14 Å². The molecule has 14 rings (SSSR count). The summed E-state index contributed by atoms with van der Waals surface area (Å²) >= 11 is 0. The summed E-state index contributed by atoms with van der Waals surface area (Å²) in [5.41, 5.74) is 29.0. The van der Waals surface area contributed by atoms with Gasteiger partial charge in [-0.3, -0.25) is 0 Å². The Labute approximate surface area is 279 Å². The van der Waals surface area contributed by atoms with Crippen LogP contribution in [-0.4, -0.2) is 10.8 Å². The third-order valence-corrected chi connectivity index (χ3v) is 13.7. The summed E-state index contributed by atoms with van der Waals surface area (Å²) in [5.74, 6) is 0.590. The number of fused-ring (bicyclic) bond motifs is 5. The van der Waals surface area contributed by atoms with Crippen LogP contribution in [0, 0.1) is 0 Å². The number of nitrogens with zero attached hydrogens (tertiary/aromatic N) is 2. The molecule has 0 N–H and O–H groups in total. The first-order chi connectivity index (χ1) is 23.7. The van der Waals surface area contributed by atoms with Crippen LogP contribution in [0.25, 0.3) is 0 Å². The summed E-state index contributed by atoms with van der Waals surface area (Å²) in [5, 5.41) is 0. The van der Waals surface area contributed by atoms with Crippen molar-refractivity contribution in [1.82, 2.24) is 0 Å². The van der Waals surface area contributed by atoms with Crippen LogP contribution in [0.1, 0.15) is 124 Å². The second kappa shape index (κ2) is 7.37. The van der Waals surface area contributed by atoms with Crippen molar-refractivity contribution in [3.05, 3.63) is 215 Å². The van der Waals surface area contributed by atoms with Gasteiger partial charge in [-0.05, 0) is 97.2 Å². The number of aromatic nitrogens is 1. The maximum atomic E-state index is 5.04. The standard InChI is InChI=1S/C46H29N2/c1-23-36-33-11-4-2-7-24(33)17-30-21-31-18-25-8-3-5-12-34(25)41-35-16-14-28-19-26-9-6-10-27-20-29-13-15-32-22-47(23)46(44(39(30)36)40(31)41)43(35)38(28)42(37(26)27)45(29)48(32)46/h2-16,21,36,41-42H,1,17-20H2/q+1. The number of hydrogen-bond acceptors (Lipinski definition) is 0. The first kappa shape index (κ1) is 23.9. The molecule has 3 aliphatic heterocycles. The lowest BCUT2D eigenvalue weighted by Gasteiger charge is -2.51. The van der Waals surface area contributed by atoms with Crippen molar-refractivity contribution >= 4 is 6.21 Å². The number of rotatable bonds is 0. The molecule has 0 bridgehead atoms. The first-order valence-electron chi connectivity index (χ1n) is 17.7. The molecule has 0 fully saturated rings. The van der Waals surface area contributed by atoms with Crippen molar-refractivity contribution in [2.75, 3.05) is 0 Å². The molecule has 6 aromatic rings. The average Bonchev–Trinajstić information content (AvgIpc) is 3.48. The van der Waals surface area contributed by atoms with Gasteiger partial charge in [0.2, 0.25) is 5.69 Å². The van der Waals surface area contributed by atoms with E-state index >= 15 is 0 Å². The summed E-state index contributed by atoms with van der Waals surface area (Å²) < 4.78 is 5.35. The van der Waals surface area contributed by atoms with Crippen LogP contribution < -0.4 is 4.57 Å². The van der Waals surface area contributed by atoms with E-state index < -0.39 is 5.66 Å². The van der Waals surface area contributed by atoms with Gasteiger partial charge in [-0.2, -0.15) is 0 Å². The van der Waals surface area contributed by atoms with E-state index in [1.165, 1.54) is 83.7 Å². The van der Waals surface area contributed by atoms with Gasteiger partial charge in [0.1, 0.15) is 11.1 Å². The van der Waals surface area contributed by atoms with Crippen molar-refractivity contribution in [1.29, 1.82) is 0 Å². The highest BCUT2D eigenvalue weighted by molar-refractivity contribution is 5.80. The number of benzene rings is 5. The topological polar surface area (TPSA) is 6.89 Å². The zero-order valence-corrected chi connectivity index (χ0v) is 26.4. The zero-order chi connectivity index (χ0) is 30.8. The average molecular weight is 610 g/mol. The summed E-state index contributed by atoms with van der Waals surface area (Å²) in [6.45, 7) is 5.04. The predicted molar refractivity (Wildman–Crippen MR) is 183 cm³/mol. The molecule has 2 nitrogen and oxygen atoms in total. The molecule has 4 atom stereocenters. The van der Waals surface area contributed by atoms with E-state index in [2.05, 4.69) is 112 Å². The van der Waals surface area contributed by atoms with Crippen molar-refractivity contribution in [2.45, 2.75) is 49.1 Å². The van der Waals surface area contributed by atoms with Crippen LogP contribution >= 0.6 is 0 Å². The lowest BCUT2D eigenvalue weighted by molar-refractivity contribution is -0.887. The first-order valence-corrected chi connectivity index (χ1v) is 17.7. The van der Waals surface area contributed by atoms with Gasteiger partial charge in [-0.15, -0.1) is 10.6 Å². The van der Waals surface area contributed by atoms with Gasteiger partial charge in [0, 0.05) is 23.8 Å². The van der Waals surface area contributed by atoms with E-state index in [0.717, 1.165) is 31.4 Å². The Hall–Kier alpha value is -5.34. The summed E-state index contributed by atoms with van der Waals surface area (Å²) in [6, 6.07) is 38.0. The normalized spacial score (nSPS) is 24.8. The van der Waals surface area contributed by atoms with Crippen molar-refractivity contribution in [2.24, 2.45) is 0 Å². The van der Waals surface area contributed by atoms with Gasteiger partial charge >= 0.3 is 5.66 Å². The minimum atomic E-state index is -0.514. The lowest BCUT2D eigenvalue weighted by Crippen LogP contribution is -2.70. The fourth-order valence-electron chi connectivity index (χ4n) is 12.3. The molecule has 8 aliphatic rings. The Morgan fingerprint density at radius 2 is 1.12 bits per heavy atom. The van der Waals surface area contributed by atoms with Gasteiger partial charge < -0.3 is 0 Å². The predicted octanol–water partition coefficient (Wildman–Crippen LogP) is 7.31. The highest BCUT2D eigenvalue weighted by Gasteiger charge is 2.72. The number of hydrogen-bond donors (Lipinski definition) is 0. The van der Waals surface area contributed by atoms with Crippen molar-refractivity contribution in [3.63, 3.8) is 0 Å². The molecule has 0 amide bonds. The maximum absolute atomic E-state index is 5.04. The monoisotopic (exact) mass is 609 g/mol. The van der Waals surface area contributed by atoms with Crippen LogP contribution in [0.15, 0.2) is 109 Å². The van der Waals surface area contributed by atoms with Gasteiger partial charge in [-0.1, -0.05) is 97.6 Å². The second-order valence-corrected chi connectivity index (χ2v) is 15.5. The Morgan fingerprint density at radius 3 is 1.92 bits per heavy atom. The SMILES string of the molecule is C=C1C2c3ccccc3Cc3cc4c5c(c32)C23c6c(ccc7c6C6c8c(cccc8Cc8ccc([n+]2c86)[C-]=[N+]13)C7)C5c1ccccc1C4. The molecule has 2 heteroatoms. The third-order valence-electron chi connectivity index (χ3n) is 13.7. The molecule has 5 aliphatic carbocycles. The molecular weight excluding hydrogens is 581 g/mol. The van der Waals surface area contributed by atoms with E-state index in [0.29, 0.717) is 0 Å². The molecule has 5 aromatic carbocycles. The molecule has 0 saturated carbocycles. The van der Waals surface area contributed by atoms with E-state index in [4.69, 9.17) is 6.58 Å². The zero-order valence-electron chi connectivity index (χ0n) is 26.4.